The van der Waals surface area contributed by atoms with Gasteiger partial charge in [0.25, 0.3) is 0 Å². The van der Waals surface area contributed by atoms with Gasteiger partial charge in [0.05, 0.1) is 6.04 Å². The van der Waals surface area contributed by atoms with Gasteiger partial charge in [0.15, 0.2) is 0 Å². The molecule has 1 unspecified atom stereocenters. The number of benzene rings is 1. The Kier molecular flexibility index (Phi) is 6.61. The first-order valence-electron chi connectivity index (χ1n) is 8.65. The highest BCUT2D eigenvalue weighted by Gasteiger charge is 2.27. The number of urea groups is 1. The minimum absolute atomic E-state index is 0.245. The minimum Gasteiger partial charge on any atom is -0.382 e. The average molecular weight is 332 g/mol. The van der Waals surface area contributed by atoms with Crippen LogP contribution in [0.2, 0.25) is 0 Å². The van der Waals surface area contributed by atoms with E-state index in [1.54, 1.807) is 0 Å². The molecule has 1 aliphatic rings. The van der Waals surface area contributed by atoms with Gasteiger partial charge in [-0.25, -0.2) is 4.79 Å². The Morgan fingerprint density at radius 2 is 1.83 bits per heavy atom. The van der Waals surface area contributed by atoms with Crippen LogP contribution >= 0.6 is 0 Å². The van der Waals surface area contributed by atoms with E-state index >= 15 is 0 Å². The number of imide groups is 1. The van der Waals surface area contributed by atoms with Crippen LogP contribution in [0.3, 0.4) is 0 Å². The lowest BCUT2D eigenvalue weighted by molar-refractivity contribution is -0.125. The number of rotatable bonds is 5. The third-order valence-electron chi connectivity index (χ3n) is 4.45. The summed E-state index contributed by atoms with van der Waals surface area (Å²) in [6.45, 7) is 7.93. The van der Waals surface area contributed by atoms with E-state index < -0.39 is 6.03 Å². The van der Waals surface area contributed by atoms with Crippen LogP contribution in [0.25, 0.3) is 0 Å². The molecule has 132 valence electrons. The molecule has 0 aliphatic carbocycles. The van der Waals surface area contributed by atoms with Crippen LogP contribution in [0.5, 0.6) is 0 Å². The van der Waals surface area contributed by atoms with Crippen LogP contribution in [0.1, 0.15) is 32.3 Å². The summed E-state index contributed by atoms with van der Waals surface area (Å²) >= 11 is 0. The van der Waals surface area contributed by atoms with E-state index in [4.69, 9.17) is 0 Å². The number of hydrogen-bond donors (Lipinski definition) is 3. The highest BCUT2D eigenvalue weighted by Crippen LogP contribution is 2.18. The first kappa shape index (κ1) is 18.3. The molecular weight excluding hydrogens is 304 g/mol. The smallest absolute Gasteiger partial charge is 0.321 e. The fraction of sp³-hybridized carbons (Fsp3) is 0.556. The maximum Gasteiger partial charge on any atom is 0.321 e. The number of carbonyl (C=O) groups is 2. The van der Waals surface area contributed by atoms with E-state index in [-0.39, 0.29) is 11.9 Å². The average Bonchev–Trinajstić information content (AvgIpc) is 2.57. The van der Waals surface area contributed by atoms with Crippen LogP contribution in [-0.2, 0) is 4.79 Å². The summed E-state index contributed by atoms with van der Waals surface area (Å²) in [6.07, 6.45) is 1.96. The molecule has 1 saturated heterocycles. The summed E-state index contributed by atoms with van der Waals surface area (Å²) in [6, 6.07) is 8.10. The van der Waals surface area contributed by atoms with Gasteiger partial charge in [-0.05, 0) is 45.7 Å². The summed E-state index contributed by atoms with van der Waals surface area (Å²) < 4.78 is 0. The lowest BCUT2D eigenvalue weighted by atomic mass is 10.0. The van der Waals surface area contributed by atoms with Gasteiger partial charge in [-0.15, -0.1) is 0 Å². The molecule has 24 heavy (non-hydrogen) atoms. The Labute approximate surface area is 144 Å². The van der Waals surface area contributed by atoms with Gasteiger partial charge >= 0.3 is 6.03 Å². The molecule has 0 spiro atoms. The zero-order valence-corrected chi connectivity index (χ0v) is 14.8. The zero-order chi connectivity index (χ0) is 17.5. The van der Waals surface area contributed by atoms with Crippen molar-refractivity contribution >= 4 is 17.6 Å². The van der Waals surface area contributed by atoms with Crippen molar-refractivity contribution in [1.29, 1.82) is 0 Å². The van der Waals surface area contributed by atoms with Crippen molar-refractivity contribution in [3.8, 4) is 0 Å². The summed E-state index contributed by atoms with van der Waals surface area (Å²) in [5.41, 5.74) is 2.39. The molecule has 1 aromatic carbocycles. The van der Waals surface area contributed by atoms with Crippen molar-refractivity contribution in [3.05, 3.63) is 29.8 Å². The molecule has 0 bridgehead atoms. The van der Waals surface area contributed by atoms with Crippen molar-refractivity contribution in [2.75, 3.05) is 25.0 Å². The van der Waals surface area contributed by atoms with Gasteiger partial charge in [-0.1, -0.05) is 17.7 Å². The molecule has 3 amide bonds. The fourth-order valence-corrected chi connectivity index (χ4v) is 2.90. The van der Waals surface area contributed by atoms with Crippen LogP contribution in [0.15, 0.2) is 24.3 Å². The largest absolute Gasteiger partial charge is 0.382 e. The Balaban J connectivity index is 1.78. The maximum atomic E-state index is 12.1. The predicted octanol–water partition coefficient (Wildman–Crippen LogP) is 2.11. The van der Waals surface area contributed by atoms with E-state index in [1.165, 1.54) is 5.56 Å². The molecule has 1 fully saturated rings. The molecule has 2 rings (SSSR count). The number of amides is 3. The summed E-state index contributed by atoms with van der Waals surface area (Å²) in [4.78, 5) is 25.7. The molecule has 0 saturated carbocycles. The van der Waals surface area contributed by atoms with Gasteiger partial charge in [0, 0.05) is 31.4 Å². The first-order chi connectivity index (χ1) is 11.5. The van der Waals surface area contributed by atoms with Crippen molar-refractivity contribution < 1.29 is 9.59 Å². The SMILES string of the molecule is CCNC(=O)NC(=O)C(C)N1CCC(Nc2ccc(C)cc2)CC1. The lowest BCUT2D eigenvalue weighted by Gasteiger charge is -2.35. The Hall–Kier alpha value is -2.08. The molecule has 1 atom stereocenters. The molecule has 1 heterocycles. The van der Waals surface area contributed by atoms with E-state index in [2.05, 4.69) is 52.0 Å². The number of likely N-dealkylation sites (tertiary alicyclic amines) is 1. The summed E-state index contributed by atoms with van der Waals surface area (Å²) in [5.74, 6) is -0.245. The molecular formula is C18H28N4O2. The third kappa shape index (κ3) is 5.23. The lowest BCUT2D eigenvalue weighted by Crippen LogP contribution is -2.52. The number of anilines is 1. The van der Waals surface area contributed by atoms with E-state index in [9.17, 15) is 9.59 Å². The second-order valence-electron chi connectivity index (χ2n) is 6.35. The number of hydrogen-bond acceptors (Lipinski definition) is 4. The van der Waals surface area contributed by atoms with Crippen LogP contribution < -0.4 is 16.0 Å². The van der Waals surface area contributed by atoms with E-state index in [0.29, 0.717) is 12.6 Å². The van der Waals surface area contributed by atoms with Gasteiger partial charge in [-0.3, -0.25) is 15.0 Å². The topological polar surface area (TPSA) is 73.5 Å². The van der Waals surface area contributed by atoms with Crippen molar-refractivity contribution in [3.63, 3.8) is 0 Å². The van der Waals surface area contributed by atoms with Crippen molar-refractivity contribution in [2.24, 2.45) is 0 Å². The summed E-state index contributed by atoms with van der Waals surface area (Å²) in [5, 5.41) is 8.52. The Bertz CT molecular complexity index is 551. The van der Waals surface area contributed by atoms with Crippen molar-refractivity contribution in [1.82, 2.24) is 15.5 Å². The van der Waals surface area contributed by atoms with Gasteiger partial charge in [-0.2, -0.15) is 0 Å². The van der Waals surface area contributed by atoms with Gasteiger partial charge < -0.3 is 10.6 Å². The fourth-order valence-electron chi connectivity index (χ4n) is 2.90. The van der Waals surface area contributed by atoms with Crippen LogP contribution in [-0.4, -0.2) is 48.6 Å². The maximum absolute atomic E-state index is 12.1. The predicted molar refractivity (Wildman–Crippen MR) is 96.1 cm³/mol. The number of piperidine rings is 1. The van der Waals surface area contributed by atoms with Crippen LogP contribution in [0.4, 0.5) is 10.5 Å². The molecule has 6 nitrogen and oxygen atoms in total. The van der Waals surface area contributed by atoms with Gasteiger partial charge in [0.1, 0.15) is 0 Å². The minimum atomic E-state index is -0.426. The number of carbonyl (C=O) groups excluding carboxylic acids is 2. The molecule has 0 radical (unpaired) electrons. The standard InChI is InChI=1S/C18H28N4O2/c1-4-19-18(24)21-17(23)14(3)22-11-9-16(10-12-22)20-15-7-5-13(2)6-8-15/h5-8,14,16,20H,4,9-12H2,1-3H3,(H2,19,21,23,24). The highest BCUT2D eigenvalue weighted by atomic mass is 16.2. The molecule has 0 aromatic heterocycles. The molecule has 1 aliphatic heterocycles. The third-order valence-corrected chi connectivity index (χ3v) is 4.45. The van der Waals surface area contributed by atoms with E-state index in [0.717, 1.165) is 31.6 Å². The first-order valence-corrected chi connectivity index (χ1v) is 8.65. The quantitative estimate of drug-likeness (QED) is 0.772. The van der Waals surface area contributed by atoms with Crippen molar-refractivity contribution in [2.45, 2.75) is 45.7 Å². The summed E-state index contributed by atoms with van der Waals surface area (Å²) in [7, 11) is 0. The molecule has 6 heteroatoms. The normalized spacial score (nSPS) is 17.1. The monoisotopic (exact) mass is 332 g/mol. The molecule has 1 aromatic rings. The number of aryl methyl sites for hydroxylation is 1. The Morgan fingerprint density at radius 1 is 1.21 bits per heavy atom. The number of nitrogens with zero attached hydrogens (tertiary/aromatic N) is 1. The van der Waals surface area contributed by atoms with Crippen LogP contribution in [0, 0.1) is 6.92 Å². The number of nitrogens with one attached hydrogen (secondary N) is 3. The highest BCUT2D eigenvalue weighted by molar-refractivity contribution is 5.96. The zero-order valence-electron chi connectivity index (χ0n) is 14.8. The second kappa shape index (κ2) is 8.68. The second-order valence-corrected chi connectivity index (χ2v) is 6.35. The van der Waals surface area contributed by atoms with E-state index in [1.807, 2.05) is 13.8 Å². The molecule has 3 N–H and O–H groups in total. The Morgan fingerprint density at radius 3 is 2.42 bits per heavy atom. The van der Waals surface area contributed by atoms with Gasteiger partial charge in [0.2, 0.25) is 5.91 Å².